The molecule has 0 spiro atoms. The molecule has 0 aliphatic rings. The molecule has 0 aliphatic carbocycles. The van der Waals surface area contributed by atoms with Crippen LogP contribution in [0.15, 0.2) is 0 Å². The van der Waals surface area contributed by atoms with Crippen LogP contribution < -0.4 is 0 Å². The van der Waals surface area contributed by atoms with Gasteiger partial charge in [0.1, 0.15) is 0 Å². The number of halogens is 1. The fraction of sp³-hybridized carbons (Fsp3) is 0.714. The van der Waals surface area contributed by atoms with Crippen molar-refractivity contribution in [2.45, 2.75) is 12.8 Å². The lowest BCUT2D eigenvalue weighted by molar-refractivity contribution is -0.129. The highest BCUT2D eigenvalue weighted by molar-refractivity contribution is 6.18. The first-order valence-corrected chi connectivity index (χ1v) is 3.92. The van der Waals surface area contributed by atoms with Gasteiger partial charge in [-0.05, 0) is 0 Å². The third-order valence-electron chi connectivity index (χ3n) is 1.29. The molecule has 0 saturated heterocycles. The van der Waals surface area contributed by atoms with E-state index in [1.807, 2.05) is 6.07 Å². The van der Waals surface area contributed by atoms with Crippen molar-refractivity contribution in [2.24, 2.45) is 0 Å². The number of amides is 1. The molecule has 0 atom stereocenters. The van der Waals surface area contributed by atoms with Crippen LogP contribution in [-0.2, 0) is 4.79 Å². The van der Waals surface area contributed by atoms with Gasteiger partial charge in [0.05, 0.1) is 12.5 Å². The molecular weight excluding hydrogens is 164 g/mol. The molecule has 1 amide bonds. The second-order valence-electron chi connectivity index (χ2n) is 2.16. The zero-order valence-electron chi connectivity index (χ0n) is 6.51. The van der Waals surface area contributed by atoms with Gasteiger partial charge in [-0.2, -0.15) is 5.26 Å². The van der Waals surface area contributed by atoms with E-state index in [-0.39, 0.29) is 5.91 Å². The number of nitriles is 1. The molecule has 0 saturated carbocycles. The molecule has 4 heteroatoms. The van der Waals surface area contributed by atoms with E-state index in [1.54, 1.807) is 7.05 Å². The highest BCUT2D eigenvalue weighted by atomic mass is 35.5. The molecule has 0 unspecified atom stereocenters. The van der Waals surface area contributed by atoms with Crippen LogP contribution in [0.3, 0.4) is 0 Å². The highest BCUT2D eigenvalue weighted by Gasteiger charge is 2.05. The van der Waals surface area contributed by atoms with E-state index >= 15 is 0 Å². The maximum Gasteiger partial charge on any atom is 0.223 e. The predicted octanol–water partition coefficient (Wildman–Crippen LogP) is 0.987. The normalized spacial score (nSPS) is 8.82. The molecule has 3 nitrogen and oxygen atoms in total. The quantitative estimate of drug-likeness (QED) is 0.597. The Hall–Kier alpha value is -0.750. The Morgan fingerprint density at radius 1 is 1.73 bits per heavy atom. The zero-order valence-corrected chi connectivity index (χ0v) is 7.26. The minimum atomic E-state index is -0.00440. The molecule has 0 fully saturated rings. The Balaban J connectivity index is 3.57. The largest absolute Gasteiger partial charge is 0.345 e. The fourth-order valence-corrected chi connectivity index (χ4v) is 0.776. The number of carbonyl (C=O) groups is 1. The number of hydrogen-bond donors (Lipinski definition) is 0. The number of nitrogens with zero attached hydrogens (tertiary/aromatic N) is 2. The summed E-state index contributed by atoms with van der Waals surface area (Å²) in [5, 5.41) is 8.21. The molecule has 11 heavy (non-hydrogen) atoms. The van der Waals surface area contributed by atoms with Crippen LogP contribution in [0, 0.1) is 11.3 Å². The monoisotopic (exact) mass is 174 g/mol. The first kappa shape index (κ1) is 10.2. The highest BCUT2D eigenvalue weighted by Crippen LogP contribution is 1.93. The summed E-state index contributed by atoms with van der Waals surface area (Å²) in [6.45, 7) is 0.492. The second-order valence-corrected chi connectivity index (χ2v) is 2.54. The van der Waals surface area contributed by atoms with Gasteiger partial charge >= 0.3 is 0 Å². The Morgan fingerprint density at radius 2 is 2.36 bits per heavy atom. The number of alkyl halides is 1. The Labute approximate surface area is 71.5 Å². The standard InChI is InChI=1S/C7H11ClN2O/c1-10(6-2-5-9)7(11)3-4-8/h2-4,6H2,1H3. The lowest BCUT2D eigenvalue weighted by Crippen LogP contribution is -2.27. The van der Waals surface area contributed by atoms with Crippen molar-refractivity contribution in [1.82, 2.24) is 4.90 Å². The number of rotatable bonds is 4. The number of carbonyl (C=O) groups excluding carboxylic acids is 1. The molecule has 0 heterocycles. The van der Waals surface area contributed by atoms with Crippen molar-refractivity contribution in [3.63, 3.8) is 0 Å². The van der Waals surface area contributed by atoms with Gasteiger partial charge in [0, 0.05) is 25.9 Å². The molecule has 0 N–H and O–H groups in total. The van der Waals surface area contributed by atoms with Gasteiger partial charge in [-0.25, -0.2) is 0 Å². The van der Waals surface area contributed by atoms with Crippen LogP contribution in [0.1, 0.15) is 12.8 Å². The fourth-order valence-electron chi connectivity index (χ4n) is 0.614. The van der Waals surface area contributed by atoms with Crippen LogP contribution in [0.25, 0.3) is 0 Å². The van der Waals surface area contributed by atoms with E-state index in [2.05, 4.69) is 0 Å². The third-order valence-corrected chi connectivity index (χ3v) is 1.48. The van der Waals surface area contributed by atoms with Crippen molar-refractivity contribution in [2.75, 3.05) is 19.5 Å². The van der Waals surface area contributed by atoms with Crippen molar-refractivity contribution < 1.29 is 4.79 Å². The maximum atomic E-state index is 11.0. The van der Waals surface area contributed by atoms with Crippen LogP contribution in [0.4, 0.5) is 0 Å². The zero-order chi connectivity index (χ0) is 8.69. The van der Waals surface area contributed by atoms with E-state index < -0.39 is 0 Å². The maximum absolute atomic E-state index is 11.0. The topological polar surface area (TPSA) is 44.1 Å². The third kappa shape index (κ3) is 4.63. The minimum absolute atomic E-state index is 0.00440. The lowest BCUT2D eigenvalue weighted by atomic mass is 10.3. The summed E-state index contributed by atoms with van der Waals surface area (Å²) < 4.78 is 0. The second kappa shape index (κ2) is 5.99. The molecule has 0 aliphatic heterocycles. The lowest BCUT2D eigenvalue weighted by Gasteiger charge is -2.13. The summed E-state index contributed by atoms with van der Waals surface area (Å²) in [6, 6.07) is 1.97. The summed E-state index contributed by atoms with van der Waals surface area (Å²) >= 11 is 5.36. The van der Waals surface area contributed by atoms with E-state index in [9.17, 15) is 4.79 Å². The van der Waals surface area contributed by atoms with E-state index in [0.29, 0.717) is 25.3 Å². The summed E-state index contributed by atoms with van der Waals surface area (Å²) in [4.78, 5) is 12.5. The van der Waals surface area contributed by atoms with Crippen LogP contribution >= 0.6 is 11.6 Å². The van der Waals surface area contributed by atoms with E-state index in [1.165, 1.54) is 4.90 Å². The Bertz CT molecular complexity index is 164. The van der Waals surface area contributed by atoms with Crippen molar-refractivity contribution in [3.8, 4) is 6.07 Å². The molecule has 0 radical (unpaired) electrons. The van der Waals surface area contributed by atoms with Gasteiger partial charge < -0.3 is 4.90 Å². The molecule has 0 aromatic carbocycles. The van der Waals surface area contributed by atoms with Gasteiger partial charge in [-0.1, -0.05) is 0 Å². The van der Waals surface area contributed by atoms with Gasteiger partial charge in [0.2, 0.25) is 5.91 Å². The molecular formula is C7H11ClN2O. The first-order chi connectivity index (χ1) is 5.22. The van der Waals surface area contributed by atoms with E-state index in [4.69, 9.17) is 16.9 Å². The van der Waals surface area contributed by atoms with Crippen LogP contribution in [0.2, 0.25) is 0 Å². The van der Waals surface area contributed by atoms with Gasteiger partial charge in [0.25, 0.3) is 0 Å². The smallest absolute Gasteiger partial charge is 0.223 e. The molecule has 62 valence electrons. The Morgan fingerprint density at radius 3 is 2.82 bits per heavy atom. The predicted molar refractivity (Wildman–Crippen MR) is 43.2 cm³/mol. The Kier molecular flexibility index (Phi) is 5.58. The van der Waals surface area contributed by atoms with Crippen LogP contribution in [-0.4, -0.2) is 30.3 Å². The van der Waals surface area contributed by atoms with Gasteiger partial charge in [0.15, 0.2) is 0 Å². The summed E-state index contributed by atoms with van der Waals surface area (Å²) in [6.07, 6.45) is 0.730. The molecule has 0 aromatic rings. The van der Waals surface area contributed by atoms with Crippen molar-refractivity contribution >= 4 is 17.5 Å². The minimum Gasteiger partial charge on any atom is -0.345 e. The van der Waals surface area contributed by atoms with Crippen molar-refractivity contribution in [3.05, 3.63) is 0 Å². The SMILES string of the molecule is CN(CCC#N)C(=O)CCCl. The average Bonchev–Trinajstić information content (AvgIpc) is 2.00. The van der Waals surface area contributed by atoms with Crippen molar-refractivity contribution in [1.29, 1.82) is 5.26 Å². The van der Waals surface area contributed by atoms with Crippen LogP contribution in [0.5, 0.6) is 0 Å². The van der Waals surface area contributed by atoms with Gasteiger partial charge in [-0.3, -0.25) is 4.79 Å². The van der Waals surface area contributed by atoms with Gasteiger partial charge in [-0.15, -0.1) is 11.6 Å². The first-order valence-electron chi connectivity index (χ1n) is 3.39. The van der Waals surface area contributed by atoms with E-state index in [0.717, 1.165) is 0 Å². The summed E-state index contributed by atoms with van der Waals surface area (Å²) in [5.74, 6) is 0.339. The molecule has 0 aromatic heterocycles. The summed E-state index contributed by atoms with van der Waals surface area (Å²) in [5.41, 5.74) is 0. The average molecular weight is 175 g/mol. The molecule has 0 rings (SSSR count). The number of hydrogen-bond acceptors (Lipinski definition) is 2. The summed E-state index contributed by atoms with van der Waals surface area (Å²) in [7, 11) is 1.67. The molecule has 0 bridgehead atoms.